The van der Waals surface area contributed by atoms with Gasteiger partial charge in [-0.25, -0.2) is 0 Å². The van der Waals surface area contributed by atoms with Crippen molar-refractivity contribution >= 4 is 11.9 Å². The largest absolute Gasteiger partial charge is 0.462 e. The van der Waals surface area contributed by atoms with Crippen LogP contribution in [0.4, 0.5) is 0 Å². The minimum Gasteiger partial charge on any atom is -0.462 e. The van der Waals surface area contributed by atoms with Crippen molar-refractivity contribution in [2.75, 3.05) is 19.8 Å². The fraction of sp³-hybridized carbons (Fsp3) is 0.891. The molecule has 0 bridgehead atoms. The normalized spacial score (nSPS) is 12.2. The number of hydrogen-bond donors (Lipinski definition) is 0. The number of esters is 2. The number of carbonyl (C=O) groups is 2. The zero-order valence-corrected chi connectivity index (χ0v) is 40.7. The van der Waals surface area contributed by atoms with E-state index in [9.17, 15) is 9.59 Å². The summed E-state index contributed by atoms with van der Waals surface area (Å²) in [4.78, 5) is 25.3. The van der Waals surface area contributed by atoms with E-state index in [0.29, 0.717) is 26.1 Å². The van der Waals surface area contributed by atoms with E-state index in [1.807, 2.05) is 0 Å². The van der Waals surface area contributed by atoms with Crippen LogP contribution in [0.5, 0.6) is 0 Å². The van der Waals surface area contributed by atoms with Crippen molar-refractivity contribution < 1.29 is 23.8 Å². The van der Waals surface area contributed by atoms with Gasteiger partial charge in [-0.1, -0.05) is 251 Å². The molecule has 0 aliphatic heterocycles. The molecule has 0 heterocycles. The van der Waals surface area contributed by atoms with Gasteiger partial charge in [0.1, 0.15) is 6.61 Å². The molecule has 0 aromatic heterocycles. The first-order valence-electron chi connectivity index (χ1n) is 26.9. The van der Waals surface area contributed by atoms with Crippen molar-refractivity contribution in [2.45, 2.75) is 297 Å². The molecular formula is C55H104O5. The molecule has 0 N–H and O–H groups in total. The second kappa shape index (κ2) is 51.7. The molecule has 0 amide bonds. The minimum absolute atomic E-state index is 0.0914. The molecule has 1 atom stereocenters. The van der Waals surface area contributed by atoms with Crippen molar-refractivity contribution in [1.29, 1.82) is 0 Å². The fourth-order valence-corrected chi connectivity index (χ4v) is 7.95. The molecule has 0 aliphatic carbocycles. The third-order valence-corrected chi connectivity index (χ3v) is 12.0. The molecule has 354 valence electrons. The van der Waals surface area contributed by atoms with Crippen LogP contribution in [0, 0.1) is 0 Å². The Bertz CT molecular complexity index is 913. The topological polar surface area (TPSA) is 61.8 Å². The highest BCUT2D eigenvalue weighted by molar-refractivity contribution is 5.70. The van der Waals surface area contributed by atoms with Crippen LogP contribution >= 0.6 is 0 Å². The van der Waals surface area contributed by atoms with E-state index in [2.05, 4.69) is 45.1 Å². The van der Waals surface area contributed by atoms with E-state index in [1.165, 1.54) is 212 Å². The molecule has 0 saturated heterocycles. The predicted molar refractivity (Wildman–Crippen MR) is 261 cm³/mol. The van der Waals surface area contributed by atoms with Gasteiger partial charge in [-0.3, -0.25) is 9.59 Å². The van der Waals surface area contributed by atoms with E-state index in [0.717, 1.165) is 44.9 Å². The average Bonchev–Trinajstić information content (AvgIpc) is 3.25. The maximum absolute atomic E-state index is 12.7. The van der Waals surface area contributed by atoms with E-state index in [-0.39, 0.29) is 18.5 Å². The predicted octanol–water partition coefficient (Wildman–Crippen LogP) is 18.0. The SMILES string of the molecule is CCCCC/C=C\C/C=C\CCCCCCCCCCCCOCC(COC(=O)CCCCCCCCCCCCCCCCCCC)OC(=O)CCCCCCCCC. The molecule has 0 radical (unpaired) electrons. The summed E-state index contributed by atoms with van der Waals surface area (Å²) in [6.45, 7) is 7.82. The quantitative estimate of drug-likeness (QED) is 0.0347. The lowest BCUT2D eigenvalue weighted by Gasteiger charge is -2.18. The Balaban J connectivity index is 4.04. The van der Waals surface area contributed by atoms with Gasteiger partial charge in [0.25, 0.3) is 0 Å². The summed E-state index contributed by atoms with van der Waals surface area (Å²) >= 11 is 0. The van der Waals surface area contributed by atoms with Gasteiger partial charge in [-0.15, -0.1) is 0 Å². The highest BCUT2D eigenvalue weighted by Gasteiger charge is 2.17. The van der Waals surface area contributed by atoms with Gasteiger partial charge in [0, 0.05) is 19.4 Å². The lowest BCUT2D eigenvalue weighted by molar-refractivity contribution is -0.163. The Labute approximate surface area is 375 Å². The lowest BCUT2D eigenvalue weighted by atomic mass is 10.0. The first-order valence-corrected chi connectivity index (χ1v) is 26.9. The number of hydrogen-bond acceptors (Lipinski definition) is 5. The van der Waals surface area contributed by atoms with E-state index in [4.69, 9.17) is 14.2 Å². The zero-order chi connectivity index (χ0) is 43.5. The van der Waals surface area contributed by atoms with E-state index >= 15 is 0 Å². The summed E-state index contributed by atoms with van der Waals surface area (Å²) in [7, 11) is 0. The van der Waals surface area contributed by atoms with Crippen LogP contribution in [0.2, 0.25) is 0 Å². The van der Waals surface area contributed by atoms with Gasteiger partial charge in [0.15, 0.2) is 6.10 Å². The number of rotatable bonds is 50. The van der Waals surface area contributed by atoms with Crippen molar-refractivity contribution in [3.63, 3.8) is 0 Å². The molecule has 0 aromatic carbocycles. The highest BCUT2D eigenvalue weighted by Crippen LogP contribution is 2.16. The summed E-state index contributed by atoms with van der Waals surface area (Å²) in [5, 5.41) is 0. The fourth-order valence-electron chi connectivity index (χ4n) is 7.95. The molecule has 0 fully saturated rings. The average molecular weight is 845 g/mol. The summed E-state index contributed by atoms with van der Waals surface area (Å²) in [6.07, 6.45) is 60.6. The molecule has 5 heteroatoms. The van der Waals surface area contributed by atoms with Crippen molar-refractivity contribution in [2.24, 2.45) is 0 Å². The van der Waals surface area contributed by atoms with Gasteiger partial charge >= 0.3 is 11.9 Å². The molecule has 5 nitrogen and oxygen atoms in total. The van der Waals surface area contributed by atoms with Crippen molar-refractivity contribution in [3.05, 3.63) is 24.3 Å². The Morgan fingerprint density at radius 3 is 1.13 bits per heavy atom. The second-order valence-electron chi connectivity index (χ2n) is 18.1. The molecule has 0 rings (SSSR count). The van der Waals surface area contributed by atoms with Crippen molar-refractivity contribution in [1.82, 2.24) is 0 Å². The Morgan fingerprint density at radius 1 is 0.367 bits per heavy atom. The van der Waals surface area contributed by atoms with E-state index in [1.54, 1.807) is 0 Å². The first-order chi connectivity index (χ1) is 29.6. The molecule has 1 unspecified atom stereocenters. The highest BCUT2D eigenvalue weighted by atomic mass is 16.6. The third-order valence-electron chi connectivity index (χ3n) is 12.0. The number of allylic oxidation sites excluding steroid dienone is 4. The van der Waals surface area contributed by atoms with Crippen LogP contribution in [-0.2, 0) is 23.8 Å². The summed E-state index contributed by atoms with van der Waals surface area (Å²) in [5.41, 5.74) is 0. The third kappa shape index (κ3) is 49.0. The van der Waals surface area contributed by atoms with Gasteiger partial charge in [-0.05, 0) is 51.4 Å². The van der Waals surface area contributed by atoms with Gasteiger partial charge in [-0.2, -0.15) is 0 Å². The number of unbranched alkanes of at least 4 members (excludes halogenated alkanes) is 35. The Kier molecular flexibility index (Phi) is 50.3. The molecule has 0 saturated carbocycles. The maximum atomic E-state index is 12.7. The Morgan fingerprint density at radius 2 is 0.700 bits per heavy atom. The Hall–Kier alpha value is -1.62. The monoisotopic (exact) mass is 845 g/mol. The molecule has 0 aliphatic rings. The second-order valence-corrected chi connectivity index (χ2v) is 18.1. The van der Waals surface area contributed by atoms with Crippen LogP contribution in [-0.4, -0.2) is 37.9 Å². The minimum atomic E-state index is -0.528. The van der Waals surface area contributed by atoms with Gasteiger partial charge in [0.05, 0.1) is 6.61 Å². The number of ether oxygens (including phenoxy) is 3. The summed E-state index contributed by atoms with van der Waals surface area (Å²) in [6, 6.07) is 0. The smallest absolute Gasteiger partial charge is 0.306 e. The first kappa shape index (κ1) is 58.4. The molecule has 0 aromatic rings. The van der Waals surface area contributed by atoms with Crippen LogP contribution in [0.15, 0.2) is 24.3 Å². The zero-order valence-electron chi connectivity index (χ0n) is 40.7. The van der Waals surface area contributed by atoms with Gasteiger partial charge < -0.3 is 14.2 Å². The standard InChI is InChI=1S/C55H104O5/c1-4-7-10-13-16-18-20-22-24-26-27-28-30-32-34-36-38-41-44-47-50-58-51-53(60-55(57)49-46-43-39-15-12-9-6-3)52-59-54(56)48-45-42-40-37-35-33-31-29-25-23-21-19-17-14-11-8-5-2/h16,18,22,24,53H,4-15,17,19-21,23,25-52H2,1-3H3/b18-16-,24-22-. The van der Waals surface area contributed by atoms with Crippen LogP contribution in [0.3, 0.4) is 0 Å². The van der Waals surface area contributed by atoms with Crippen LogP contribution in [0.25, 0.3) is 0 Å². The lowest BCUT2D eigenvalue weighted by Crippen LogP contribution is -2.30. The maximum Gasteiger partial charge on any atom is 0.306 e. The van der Waals surface area contributed by atoms with Crippen LogP contribution < -0.4 is 0 Å². The summed E-state index contributed by atoms with van der Waals surface area (Å²) in [5.74, 6) is -0.386. The number of carbonyl (C=O) groups excluding carboxylic acids is 2. The molecule has 0 spiro atoms. The van der Waals surface area contributed by atoms with Crippen molar-refractivity contribution in [3.8, 4) is 0 Å². The molecule has 60 heavy (non-hydrogen) atoms. The van der Waals surface area contributed by atoms with Crippen LogP contribution in [0.1, 0.15) is 290 Å². The molecular weight excluding hydrogens is 741 g/mol. The van der Waals surface area contributed by atoms with Gasteiger partial charge in [0.2, 0.25) is 0 Å². The summed E-state index contributed by atoms with van der Waals surface area (Å²) < 4.78 is 17.4. The van der Waals surface area contributed by atoms with E-state index < -0.39 is 6.10 Å².